The van der Waals surface area contributed by atoms with E-state index in [1.807, 2.05) is 66.7 Å². The van der Waals surface area contributed by atoms with Gasteiger partial charge in [-0.2, -0.15) is 0 Å². The van der Waals surface area contributed by atoms with Crippen molar-refractivity contribution in [2.24, 2.45) is 0 Å². The van der Waals surface area contributed by atoms with Crippen LogP contribution in [0.3, 0.4) is 0 Å². The molecule has 0 unspecified atom stereocenters. The number of carbonyl (C=O) groups excluding carboxylic acids is 2. The number of nitrogens with one attached hydrogen (secondary N) is 1. The fourth-order valence-electron chi connectivity index (χ4n) is 5.02. The molecule has 6 rings (SSSR count). The van der Waals surface area contributed by atoms with Gasteiger partial charge in [-0.3, -0.25) is 4.79 Å². The fraction of sp³-hybridized carbons (Fsp3) is 0.167. The number of hydrogen-bond acceptors (Lipinski definition) is 7. The van der Waals surface area contributed by atoms with Gasteiger partial charge >= 0.3 is 5.97 Å². The van der Waals surface area contributed by atoms with E-state index in [0.717, 1.165) is 63.9 Å². The highest BCUT2D eigenvalue weighted by Crippen LogP contribution is 2.43. The molecule has 0 radical (unpaired) electrons. The van der Waals surface area contributed by atoms with Crippen molar-refractivity contribution in [3.05, 3.63) is 87.6 Å². The minimum atomic E-state index is -0.426. The molecule has 2 aromatic carbocycles. The Bertz CT molecular complexity index is 1670. The topological polar surface area (TPSA) is 94.3 Å². The number of pyridine rings is 1. The average molecular weight is 540 g/mol. The number of nitrogens with two attached hydrogens (primary N) is 1. The number of benzene rings is 2. The monoisotopic (exact) mass is 539 g/mol. The molecule has 0 saturated heterocycles. The van der Waals surface area contributed by atoms with Gasteiger partial charge in [-0.1, -0.05) is 60.7 Å². The van der Waals surface area contributed by atoms with Crippen LogP contribution < -0.4 is 11.1 Å². The second-order valence-corrected chi connectivity index (χ2v) is 11.3. The molecule has 6 nitrogen and oxygen atoms in total. The second kappa shape index (κ2) is 10.0. The molecule has 0 fully saturated rings. The van der Waals surface area contributed by atoms with Gasteiger partial charge in [-0.05, 0) is 48.4 Å². The molecule has 0 spiro atoms. The van der Waals surface area contributed by atoms with Crippen molar-refractivity contribution in [3.63, 3.8) is 0 Å². The molecular weight excluding hydrogens is 514 g/mol. The second-order valence-electron chi connectivity index (χ2n) is 9.17. The molecule has 3 N–H and O–H groups in total. The Labute approximate surface area is 228 Å². The number of thiophene rings is 2. The number of nitrogen functional groups attached to an aromatic ring is 1. The third kappa shape index (κ3) is 4.25. The van der Waals surface area contributed by atoms with Gasteiger partial charge < -0.3 is 15.8 Å². The van der Waals surface area contributed by atoms with Gasteiger partial charge in [0, 0.05) is 15.8 Å². The molecule has 3 heterocycles. The van der Waals surface area contributed by atoms with Gasteiger partial charge in [0.2, 0.25) is 0 Å². The Morgan fingerprint density at radius 2 is 1.63 bits per heavy atom. The first-order valence-electron chi connectivity index (χ1n) is 12.4. The Morgan fingerprint density at radius 1 is 0.947 bits per heavy atom. The van der Waals surface area contributed by atoms with E-state index in [-0.39, 0.29) is 5.91 Å². The first-order chi connectivity index (χ1) is 18.5. The lowest BCUT2D eigenvalue weighted by Gasteiger charge is -2.11. The van der Waals surface area contributed by atoms with Crippen LogP contribution in [-0.2, 0) is 17.6 Å². The van der Waals surface area contributed by atoms with Crippen molar-refractivity contribution in [1.29, 1.82) is 0 Å². The van der Waals surface area contributed by atoms with Gasteiger partial charge in [-0.25, -0.2) is 9.78 Å². The minimum absolute atomic E-state index is 0.352. The highest BCUT2D eigenvalue weighted by atomic mass is 32.1. The van der Waals surface area contributed by atoms with Crippen molar-refractivity contribution in [2.75, 3.05) is 18.2 Å². The summed E-state index contributed by atoms with van der Waals surface area (Å²) in [6.07, 6.45) is 3.80. The van der Waals surface area contributed by atoms with Gasteiger partial charge in [0.05, 0.1) is 24.1 Å². The number of esters is 1. The van der Waals surface area contributed by atoms with Gasteiger partial charge in [0.25, 0.3) is 5.91 Å². The number of methoxy groups -OCH3 is 1. The summed E-state index contributed by atoms with van der Waals surface area (Å²) < 4.78 is 5.06. The van der Waals surface area contributed by atoms with Crippen molar-refractivity contribution in [1.82, 2.24) is 4.98 Å². The third-order valence-corrected chi connectivity index (χ3v) is 9.15. The number of fused-ring (bicyclic) bond motifs is 2. The van der Waals surface area contributed by atoms with Crippen LogP contribution in [0.2, 0.25) is 0 Å². The molecule has 0 atom stereocenters. The molecule has 190 valence electrons. The van der Waals surface area contributed by atoms with E-state index in [2.05, 4.69) is 5.32 Å². The van der Waals surface area contributed by atoms with E-state index < -0.39 is 5.97 Å². The lowest BCUT2D eigenvalue weighted by atomic mass is 9.95. The molecule has 1 aliphatic rings. The number of ether oxygens (including phenoxy) is 1. The summed E-state index contributed by atoms with van der Waals surface area (Å²) >= 11 is 2.72. The van der Waals surface area contributed by atoms with Crippen LogP contribution in [0, 0.1) is 0 Å². The summed E-state index contributed by atoms with van der Waals surface area (Å²) in [5.41, 5.74) is 12.2. The number of aryl methyl sites for hydroxylation is 1. The van der Waals surface area contributed by atoms with Gasteiger partial charge in [-0.15, -0.1) is 22.7 Å². The molecule has 38 heavy (non-hydrogen) atoms. The zero-order valence-electron chi connectivity index (χ0n) is 20.7. The number of rotatable bonds is 5. The van der Waals surface area contributed by atoms with Crippen molar-refractivity contribution in [3.8, 4) is 22.4 Å². The molecule has 1 aliphatic carbocycles. The Morgan fingerprint density at radius 3 is 2.34 bits per heavy atom. The number of nitrogens with zero attached hydrogens (tertiary/aromatic N) is 1. The molecule has 5 aromatic rings. The quantitative estimate of drug-likeness (QED) is 0.231. The van der Waals surface area contributed by atoms with E-state index in [1.54, 1.807) is 0 Å². The maximum Gasteiger partial charge on any atom is 0.341 e. The van der Waals surface area contributed by atoms with E-state index >= 15 is 0 Å². The standard InChI is InChI=1S/C30H25N3O3S2/c1-36-30(35)24-19-14-8-9-15-22(19)37-29(24)33-27(34)26-25(31)23-20(17-10-4-2-5-11-17)16-21(32-28(23)38-26)18-12-6-3-7-13-18/h2-7,10-13,16H,8-9,14-15,31H2,1H3,(H,33,34). The highest BCUT2D eigenvalue weighted by Gasteiger charge is 2.29. The summed E-state index contributed by atoms with van der Waals surface area (Å²) in [5.74, 6) is -0.779. The normalized spacial score (nSPS) is 12.8. The van der Waals surface area contributed by atoms with Crippen molar-refractivity contribution >= 4 is 55.5 Å². The van der Waals surface area contributed by atoms with Crippen molar-refractivity contribution < 1.29 is 14.3 Å². The predicted octanol–water partition coefficient (Wildman–Crippen LogP) is 7.19. The van der Waals surface area contributed by atoms with E-state index in [9.17, 15) is 9.59 Å². The smallest absolute Gasteiger partial charge is 0.341 e. The number of hydrogen-bond donors (Lipinski definition) is 2. The predicted molar refractivity (Wildman–Crippen MR) is 155 cm³/mol. The summed E-state index contributed by atoms with van der Waals surface area (Å²) in [6, 6.07) is 22.0. The van der Waals surface area contributed by atoms with Crippen LogP contribution in [0.15, 0.2) is 66.7 Å². The van der Waals surface area contributed by atoms with Crippen molar-refractivity contribution in [2.45, 2.75) is 25.7 Å². The number of anilines is 2. The number of carbonyl (C=O) groups is 2. The molecule has 0 saturated carbocycles. The lowest BCUT2D eigenvalue weighted by Crippen LogP contribution is -2.15. The fourth-order valence-corrected chi connectivity index (χ4v) is 7.31. The Kier molecular flexibility index (Phi) is 6.43. The van der Waals surface area contributed by atoms with E-state index in [0.29, 0.717) is 26.0 Å². The molecule has 1 amide bonds. The SMILES string of the molecule is COC(=O)c1c(NC(=O)c2sc3nc(-c4ccccc4)cc(-c4ccccc4)c3c2N)sc2c1CCCC2. The van der Waals surface area contributed by atoms with Crippen LogP contribution in [0.4, 0.5) is 10.7 Å². The van der Waals surface area contributed by atoms with Crippen LogP contribution in [0.1, 0.15) is 43.3 Å². The largest absolute Gasteiger partial charge is 0.465 e. The van der Waals surface area contributed by atoms with Crippen LogP contribution in [0.5, 0.6) is 0 Å². The zero-order valence-corrected chi connectivity index (χ0v) is 22.4. The zero-order chi connectivity index (χ0) is 26.2. The summed E-state index contributed by atoms with van der Waals surface area (Å²) in [7, 11) is 1.37. The first kappa shape index (κ1) is 24.3. The Balaban J connectivity index is 1.46. The number of amides is 1. The minimum Gasteiger partial charge on any atom is -0.465 e. The summed E-state index contributed by atoms with van der Waals surface area (Å²) in [5, 5.41) is 4.26. The summed E-state index contributed by atoms with van der Waals surface area (Å²) in [6.45, 7) is 0. The van der Waals surface area contributed by atoms with E-state index in [4.69, 9.17) is 15.5 Å². The molecule has 8 heteroatoms. The molecule has 0 aliphatic heterocycles. The number of aromatic nitrogens is 1. The highest BCUT2D eigenvalue weighted by molar-refractivity contribution is 7.21. The van der Waals surface area contributed by atoms with Crippen LogP contribution >= 0.6 is 22.7 Å². The van der Waals surface area contributed by atoms with Gasteiger partial charge in [0.15, 0.2) is 0 Å². The van der Waals surface area contributed by atoms with Crippen LogP contribution in [0.25, 0.3) is 32.6 Å². The van der Waals surface area contributed by atoms with E-state index in [1.165, 1.54) is 29.8 Å². The maximum atomic E-state index is 13.6. The summed E-state index contributed by atoms with van der Waals surface area (Å²) in [4.78, 5) is 33.4. The van der Waals surface area contributed by atoms with Crippen LogP contribution in [-0.4, -0.2) is 24.0 Å². The third-order valence-electron chi connectivity index (χ3n) is 6.85. The molecule has 0 bridgehead atoms. The molecular formula is C30H25N3O3S2. The lowest BCUT2D eigenvalue weighted by molar-refractivity contribution is 0.0601. The average Bonchev–Trinajstić information content (AvgIpc) is 3.50. The molecule has 3 aromatic heterocycles. The Hall–Kier alpha value is -4.01. The van der Waals surface area contributed by atoms with Gasteiger partial charge in [0.1, 0.15) is 14.7 Å². The maximum absolute atomic E-state index is 13.6. The first-order valence-corrected chi connectivity index (χ1v) is 14.1.